The van der Waals surface area contributed by atoms with Crippen LogP contribution < -0.4 is 39.4 Å². The number of alkyl halides is 1. The Kier molecular flexibility index (Phi) is 12.2. The average molecular weight is 540 g/mol. The van der Waals surface area contributed by atoms with Gasteiger partial charge in [0.25, 0.3) is 0 Å². The third-order valence-corrected chi connectivity index (χ3v) is 12.4. The zero-order valence-corrected chi connectivity index (χ0v) is 27.3. The molecule has 2 aliphatic rings. The Bertz CT molecular complexity index is 812. The van der Waals surface area contributed by atoms with Crippen LogP contribution in [0.4, 0.5) is 4.39 Å². The van der Waals surface area contributed by atoms with Crippen molar-refractivity contribution < 1.29 is 48.2 Å². The van der Waals surface area contributed by atoms with Crippen molar-refractivity contribution in [1.29, 1.82) is 0 Å². The summed E-state index contributed by atoms with van der Waals surface area (Å²) in [5, 5.41) is 11.0. The molecule has 0 N–H and O–H groups in total. The first kappa shape index (κ1) is 33.2. The molecule has 2 saturated heterocycles. The van der Waals surface area contributed by atoms with Crippen molar-refractivity contribution in [3.05, 3.63) is 16.4 Å². The Morgan fingerprint density at radius 1 is 1.23 bits per heavy atom. The molecule has 0 aliphatic carbocycles. The number of aryl methyl sites for hydroxylation is 1. The molecular weight excluding hydrogens is 496 g/mol. The van der Waals surface area contributed by atoms with Crippen LogP contribution in [-0.4, -0.2) is 60.2 Å². The number of aromatic nitrogens is 2. The van der Waals surface area contributed by atoms with Crippen molar-refractivity contribution >= 4 is 19.9 Å². The van der Waals surface area contributed by atoms with Gasteiger partial charge < -0.3 is 14.3 Å². The first-order chi connectivity index (χ1) is 15.5. The molecule has 1 aromatic rings. The Labute approximate surface area is 240 Å². The van der Waals surface area contributed by atoms with Crippen molar-refractivity contribution in [3.63, 3.8) is 0 Å². The van der Waals surface area contributed by atoms with Gasteiger partial charge in [0.2, 0.25) is 0 Å². The summed E-state index contributed by atoms with van der Waals surface area (Å²) < 4.78 is 26.1. The Morgan fingerprint density at radius 3 is 2.34 bits per heavy atom. The minimum atomic E-state index is -1.89. The minimum Gasteiger partial charge on any atom is -0.850 e. The van der Waals surface area contributed by atoms with E-state index in [2.05, 4.69) is 48.7 Å². The smallest absolute Gasteiger partial charge is 0.850 e. The number of hydrogen-bond acceptors (Lipinski definition) is 6. The van der Waals surface area contributed by atoms with Crippen LogP contribution in [-0.2, 0) is 11.0 Å². The Hall–Kier alpha value is 0.197. The number of hydrogen-bond donors (Lipinski definition) is 0. The molecule has 6 nitrogen and oxygen atoms in total. The summed E-state index contributed by atoms with van der Waals surface area (Å²) in [7, 11) is -1.89. The summed E-state index contributed by atoms with van der Waals surface area (Å²) in [6.45, 7) is 20.5. The van der Waals surface area contributed by atoms with E-state index >= 15 is 0 Å². The molecular formula is C25H44ClFN3NaO3Si. The van der Waals surface area contributed by atoms with E-state index in [1.54, 1.807) is 13.8 Å². The van der Waals surface area contributed by atoms with Gasteiger partial charge in [-0.25, -0.2) is 9.37 Å². The van der Waals surface area contributed by atoms with Gasteiger partial charge in [-0.15, -0.1) is 5.60 Å². The molecule has 0 radical (unpaired) electrons. The van der Waals surface area contributed by atoms with Crippen molar-refractivity contribution in [2.75, 3.05) is 19.7 Å². The standard InChI is InChI=1S/C20H33ClFN3O2Si.C5H11O.Na/c1-14-16(12-27-28(5,6)19(2,3)4)17(21)24-18(23-14)26-13-20-8-7-9-25(20)11-15(22)10-20;1-4-5(2,3)6;/h15H,7-13H2,1-6H3;4H2,1-3H3;/q;-1;+1/t15-,20+;;/m1../s1. The van der Waals surface area contributed by atoms with Gasteiger partial charge in [0.05, 0.1) is 17.8 Å². The van der Waals surface area contributed by atoms with Gasteiger partial charge in [0.15, 0.2) is 8.32 Å². The molecule has 0 unspecified atom stereocenters. The van der Waals surface area contributed by atoms with Crippen LogP contribution in [0.1, 0.15) is 78.5 Å². The molecule has 1 aromatic heterocycles. The van der Waals surface area contributed by atoms with Crippen molar-refractivity contribution in [1.82, 2.24) is 14.9 Å². The van der Waals surface area contributed by atoms with Crippen molar-refractivity contribution in [2.24, 2.45) is 0 Å². The molecule has 2 fully saturated rings. The number of ether oxygens (including phenoxy) is 1. The number of halogens is 2. The topological polar surface area (TPSA) is 70.5 Å². The van der Waals surface area contributed by atoms with Crippen molar-refractivity contribution in [2.45, 2.75) is 116 Å². The fourth-order valence-electron chi connectivity index (χ4n) is 3.88. The fourth-order valence-corrected chi connectivity index (χ4v) is 5.08. The summed E-state index contributed by atoms with van der Waals surface area (Å²) >= 11 is 6.44. The first-order valence-corrected chi connectivity index (χ1v) is 15.7. The second-order valence-corrected chi connectivity index (χ2v) is 17.1. The molecule has 3 heterocycles. The minimum absolute atomic E-state index is 0. The summed E-state index contributed by atoms with van der Waals surface area (Å²) in [4.78, 5) is 11.1. The molecule has 35 heavy (non-hydrogen) atoms. The van der Waals surface area contributed by atoms with Gasteiger partial charge in [-0.1, -0.05) is 59.6 Å². The van der Waals surface area contributed by atoms with Gasteiger partial charge in [-0.05, 0) is 44.4 Å². The van der Waals surface area contributed by atoms with E-state index in [0.29, 0.717) is 37.8 Å². The van der Waals surface area contributed by atoms with Crippen molar-refractivity contribution in [3.8, 4) is 6.01 Å². The Balaban J connectivity index is 0.000000780. The van der Waals surface area contributed by atoms with Crippen LogP contribution in [0.5, 0.6) is 6.01 Å². The summed E-state index contributed by atoms with van der Waals surface area (Å²) in [6, 6.07) is 0.266. The quantitative estimate of drug-likeness (QED) is 0.391. The van der Waals surface area contributed by atoms with E-state index in [-0.39, 0.29) is 46.1 Å². The largest absolute Gasteiger partial charge is 1.00 e. The predicted octanol–water partition coefficient (Wildman–Crippen LogP) is 2.45. The second-order valence-electron chi connectivity index (χ2n) is 11.9. The maximum absolute atomic E-state index is 13.9. The van der Waals surface area contributed by atoms with E-state index in [0.717, 1.165) is 30.6 Å². The summed E-state index contributed by atoms with van der Waals surface area (Å²) in [5.74, 6) is 0. The number of rotatable bonds is 7. The molecule has 0 amide bonds. The van der Waals surface area contributed by atoms with E-state index in [1.807, 2.05) is 13.8 Å². The van der Waals surface area contributed by atoms with Crippen LogP contribution in [0.15, 0.2) is 0 Å². The molecule has 0 bridgehead atoms. The molecule has 0 saturated carbocycles. The Morgan fingerprint density at radius 2 is 1.83 bits per heavy atom. The predicted molar refractivity (Wildman–Crippen MR) is 137 cm³/mol. The third-order valence-electron chi connectivity index (χ3n) is 7.61. The molecule has 3 rings (SSSR count). The van der Waals surface area contributed by atoms with Gasteiger partial charge in [-0.2, -0.15) is 4.98 Å². The van der Waals surface area contributed by atoms with E-state index in [1.165, 1.54) is 0 Å². The monoisotopic (exact) mass is 539 g/mol. The zero-order valence-electron chi connectivity index (χ0n) is 23.6. The molecule has 2 atom stereocenters. The van der Waals surface area contributed by atoms with E-state index in [9.17, 15) is 9.50 Å². The van der Waals surface area contributed by atoms with Crippen LogP contribution in [0.3, 0.4) is 0 Å². The molecule has 0 aromatic carbocycles. The van der Waals surface area contributed by atoms with Crippen LogP contribution in [0.2, 0.25) is 23.3 Å². The maximum Gasteiger partial charge on any atom is 1.00 e. The van der Waals surface area contributed by atoms with Gasteiger partial charge in [0.1, 0.15) is 17.9 Å². The summed E-state index contributed by atoms with van der Waals surface area (Å²) in [5.41, 5.74) is 0.654. The SMILES string of the molecule is CCC(C)(C)[O-].Cc1nc(OC[C@@]23CCCN2C[C@H](F)C3)nc(Cl)c1CO[Si](C)(C)C(C)(C)C.[Na+]. The first-order valence-electron chi connectivity index (χ1n) is 12.4. The van der Waals surface area contributed by atoms with Crippen LogP contribution in [0.25, 0.3) is 0 Å². The van der Waals surface area contributed by atoms with Crippen LogP contribution in [0, 0.1) is 6.92 Å². The fraction of sp³-hybridized carbons (Fsp3) is 0.840. The van der Waals surface area contributed by atoms with Gasteiger partial charge in [-0.3, -0.25) is 4.90 Å². The molecule has 10 heteroatoms. The molecule has 0 spiro atoms. The zero-order chi connectivity index (χ0) is 25.9. The number of fused-ring (bicyclic) bond motifs is 1. The number of nitrogens with zero attached hydrogens (tertiary/aromatic N) is 3. The van der Waals surface area contributed by atoms with Gasteiger partial charge >= 0.3 is 35.6 Å². The normalized spacial score (nSPS) is 22.8. The van der Waals surface area contributed by atoms with E-state index in [4.69, 9.17) is 20.8 Å². The van der Waals surface area contributed by atoms with E-state index < -0.39 is 20.1 Å². The van der Waals surface area contributed by atoms with Crippen LogP contribution >= 0.6 is 11.6 Å². The molecule has 196 valence electrons. The maximum atomic E-state index is 13.9. The van der Waals surface area contributed by atoms with Gasteiger partial charge in [0, 0.05) is 18.5 Å². The average Bonchev–Trinajstić information content (AvgIpc) is 3.20. The molecule has 2 aliphatic heterocycles. The second kappa shape index (κ2) is 12.8. The summed E-state index contributed by atoms with van der Waals surface area (Å²) in [6.07, 6.45) is 2.51. The third kappa shape index (κ3) is 9.16.